The van der Waals surface area contributed by atoms with E-state index < -0.39 is 20.7 Å². The van der Waals surface area contributed by atoms with Crippen LogP contribution in [-0.2, 0) is 9.84 Å². The Morgan fingerprint density at radius 2 is 1.93 bits per heavy atom. The number of benzene rings is 2. The predicted molar refractivity (Wildman–Crippen MR) is 109 cm³/mol. The van der Waals surface area contributed by atoms with Crippen LogP contribution in [0, 0.1) is 10.1 Å². The maximum atomic E-state index is 12.5. The van der Waals surface area contributed by atoms with Gasteiger partial charge in [-0.3, -0.25) is 20.2 Å². The summed E-state index contributed by atoms with van der Waals surface area (Å²) in [6.07, 6.45) is 1.07. The van der Waals surface area contributed by atoms with Crippen molar-refractivity contribution in [1.82, 2.24) is 10.2 Å². The summed E-state index contributed by atoms with van der Waals surface area (Å²) in [6, 6.07) is 11.8. The van der Waals surface area contributed by atoms with Gasteiger partial charge in [0.25, 0.3) is 17.5 Å². The summed E-state index contributed by atoms with van der Waals surface area (Å²) in [5.41, 5.74) is 0.153. The number of anilines is 1. The number of fused-ring (bicyclic) bond motifs is 1. The molecule has 1 N–H and O–H groups in total. The molecule has 0 aliphatic rings. The molecular weight excluding hydrogens is 432 g/mol. The normalized spacial score (nSPS) is 11.5. The highest BCUT2D eigenvalue weighted by molar-refractivity contribution is 7.90. The monoisotopic (exact) mass is 444 g/mol. The highest BCUT2D eigenvalue weighted by Gasteiger charge is 2.20. The van der Waals surface area contributed by atoms with E-state index in [2.05, 4.69) is 15.5 Å². The molecule has 0 aliphatic heterocycles. The smallest absolute Gasteiger partial charge is 0.322 e. The Labute approximate surface area is 173 Å². The van der Waals surface area contributed by atoms with E-state index >= 15 is 0 Å². The van der Waals surface area contributed by atoms with Gasteiger partial charge in [0.1, 0.15) is 0 Å². The third-order valence-corrected chi connectivity index (χ3v) is 6.37. The third-order valence-electron chi connectivity index (χ3n) is 4.10. The summed E-state index contributed by atoms with van der Waals surface area (Å²) in [4.78, 5) is 23.2. The molecule has 4 rings (SSSR count). The number of hydrogen-bond acceptors (Lipinski definition) is 9. The highest BCUT2D eigenvalue weighted by atomic mass is 32.2. The van der Waals surface area contributed by atoms with Crippen molar-refractivity contribution in [3.05, 3.63) is 63.5 Å². The second-order valence-electron chi connectivity index (χ2n) is 6.22. The van der Waals surface area contributed by atoms with E-state index in [0.29, 0.717) is 15.0 Å². The first kappa shape index (κ1) is 19.7. The van der Waals surface area contributed by atoms with Gasteiger partial charge in [-0.15, -0.1) is 16.4 Å². The Kier molecular flexibility index (Phi) is 4.79. The molecule has 0 aliphatic carbocycles. The van der Waals surface area contributed by atoms with Gasteiger partial charge < -0.3 is 4.42 Å². The Hall–Kier alpha value is -3.64. The van der Waals surface area contributed by atoms with Crippen LogP contribution in [0.25, 0.3) is 21.5 Å². The number of carbonyl (C=O) groups is 1. The summed E-state index contributed by atoms with van der Waals surface area (Å²) in [6.45, 7) is 0. The average Bonchev–Trinajstić information content (AvgIpc) is 3.33. The van der Waals surface area contributed by atoms with Crippen LogP contribution in [0.2, 0.25) is 0 Å². The van der Waals surface area contributed by atoms with Crippen LogP contribution >= 0.6 is 11.3 Å². The topological polar surface area (TPSA) is 145 Å². The molecule has 12 heteroatoms. The van der Waals surface area contributed by atoms with Crippen molar-refractivity contribution in [2.75, 3.05) is 11.6 Å². The lowest BCUT2D eigenvalue weighted by Crippen LogP contribution is -2.10. The second-order valence-corrected chi connectivity index (χ2v) is 9.29. The fraction of sp³-hybridized carbons (Fsp3) is 0.0556. The first-order valence-electron chi connectivity index (χ1n) is 8.35. The largest absolute Gasteiger partial charge is 0.403 e. The van der Waals surface area contributed by atoms with Gasteiger partial charge in [0, 0.05) is 28.5 Å². The fourth-order valence-electron chi connectivity index (χ4n) is 2.76. The molecule has 0 bridgehead atoms. The number of nitro benzene ring substituents is 1. The van der Waals surface area contributed by atoms with Crippen LogP contribution in [0.5, 0.6) is 0 Å². The molecule has 2 aromatic carbocycles. The van der Waals surface area contributed by atoms with Gasteiger partial charge in [0.15, 0.2) is 9.84 Å². The number of sulfone groups is 1. The van der Waals surface area contributed by atoms with Gasteiger partial charge in [0.2, 0.25) is 0 Å². The maximum absolute atomic E-state index is 12.5. The number of hydrogen-bond donors (Lipinski definition) is 1. The number of carbonyl (C=O) groups excluding carboxylic acids is 1. The molecule has 4 aromatic rings. The maximum Gasteiger partial charge on any atom is 0.322 e. The number of non-ortho nitro benzene ring substituents is 1. The molecule has 0 atom stereocenters. The molecule has 0 spiro atoms. The average molecular weight is 444 g/mol. The third kappa shape index (κ3) is 3.77. The molecule has 2 heterocycles. The molecule has 1 amide bonds. The molecule has 0 fully saturated rings. The van der Waals surface area contributed by atoms with E-state index in [0.717, 1.165) is 17.6 Å². The Morgan fingerprint density at radius 3 is 2.67 bits per heavy atom. The van der Waals surface area contributed by atoms with Crippen molar-refractivity contribution in [3.8, 4) is 11.5 Å². The van der Waals surface area contributed by atoms with Crippen molar-refractivity contribution in [2.45, 2.75) is 4.90 Å². The Morgan fingerprint density at radius 1 is 1.17 bits per heavy atom. The first-order valence-corrected chi connectivity index (χ1v) is 11.1. The molecule has 0 unspecified atom stereocenters. The zero-order valence-electron chi connectivity index (χ0n) is 15.2. The quantitative estimate of drug-likeness (QED) is 0.363. The van der Waals surface area contributed by atoms with Crippen LogP contribution in [0.1, 0.15) is 9.67 Å². The molecule has 30 heavy (non-hydrogen) atoms. The molecule has 2 aromatic heterocycles. The minimum absolute atomic E-state index is 0.0256. The van der Waals surface area contributed by atoms with Crippen LogP contribution in [-0.4, -0.2) is 35.7 Å². The summed E-state index contributed by atoms with van der Waals surface area (Å²) in [5.74, 6) is -0.594. The van der Waals surface area contributed by atoms with Crippen molar-refractivity contribution < 1.29 is 22.6 Å². The zero-order valence-corrected chi connectivity index (χ0v) is 16.9. The van der Waals surface area contributed by atoms with Crippen LogP contribution in [0.15, 0.2) is 57.8 Å². The van der Waals surface area contributed by atoms with Crippen LogP contribution in [0.4, 0.5) is 11.7 Å². The van der Waals surface area contributed by atoms with Crippen LogP contribution in [0.3, 0.4) is 0 Å². The van der Waals surface area contributed by atoms with Gasteiger partial charge in [-0.2, -0.15) is 0 Å². The van der Waals surface area contributed by atoms with Crippen molar-refractivity contribution in [2.24, 2.45) is 0 Å². The number of amides is 1. The number of nitrogens with one attached hydrogen (secondary N) is 1. The van der Waals surface area contributed by atoms with Gasteiger partial charge >= 0.3 is 6.01 Å². The van der Waals surface area contributed by atoms with E-state index in [1.165, 1.54) is 30.3 Å². The Balaban J connectivity index is 1.60. The number of nitro groups is 1. The second kappa shape index (κ2) is 7.31. The van der Waals surface area contributed by atoms with Gasteiger partial charge in [-0.05, 0) is 24.3 Å². The minimum Gasteiger partial charge on any atom is -0.403 e. The van der Waals surface area contributed by atoms with Crippen molar-refractivity contribution in [3.63, 3.8) is 0 Å². The number of thiophene rings is 1. The summed E-state index contributed by atoms with van der Waals surface area (Å²) < 4.78 is 30.0. The number of nitrogens with zero attached hydrogens (tertiary/aromatic N) is 3. The highest BCUT2D eigenvalue weighted by Crippen LogP contribution is 2.30. The lowest BCUT2D eigenvalue weighted by Gasteiger charge is -2.03. The molecule has 152 valence electrons. The first-order chi connectivity index (χ1) is 14.2. The molecular formula is C18H12N4O6S2. The van der Waals surface area contributed by atoms with Gasteiger partial charge in [-0.25, -0.2) is 8.42 Å². The van der Waals surface area contributed by atoms with Gasteiger partial charge in [0.05, 0.1) is 20.3 Å². The fourth-order valence-corrected chi connectivity index (χ4v) is 4.58. The van der Waals surface area contributed by atoms with Crippen molar-refractivity contribution >= 4 is 48.9 Å². The van der Waals surface area contributed by atoms with E-state index in [9.17, 15) is 23.3 Å². The Bertz CT molecular complexity index is 1410. The van der Waals surface area contributed by atoms with E-state index in [4.69, 9.17) is 4.42 Å². The van der Waals surface area contributed by atoms with E-state index in [1.54, 1.807) is 18.2 Å². The summed E-state index contributed by atoms with van der Waals surface area (Å²) in [7, 11) is -3.52. The molecule has 0 saturated carbocycles. The lowest BCUT2D eigenvalue weighted by molar-refractivity contribution is -0.384. The number of aromatic nitrogens is 2. The number of rotatable bonds is 5. The lowest BCUT2D eigenvalue weighted by atomic mass is 10.2. The van der Waals surface area contributed by atoms with E-state index in [1.807, 2.05) is 0 Å². The molecule has 0 radical (unpaired) electrons. The molecule has 0 saturated heterocycles. The van der Waals surface area contributed by atoms with Crippen molar-refractivity contribution in [1.29, 1.82) is 0 Å². The SMILES string of the molecule is CS(=O)(=O)c1ccccc1-c1nnc(NC(=O)c2cc3cc([N+](=O)[O-])ccc3s2)o1. The predicted octanol–water partition coefficient (Wildman–Crippen LogP) is 3.52. The zero-order chi connectivity index (χ0) is 21.5. The minimum atomic E-state index is -3.52. The summed E-state index contributed by atoms with van der Waals surface area (Å²) in [5, 5.41) is 21.5. The van der Waals surface area contributed by atoms with E-state index in [-0.39, 0.29) is 28.1 Å². The standard InChI is InChI=1S/C18H12N4O6S2/c1-30(26,27)15-5-3-2-4-12(15)17-20-21-18(28-17)19-16(23)14-9-10-8-11(22(24)25)6-7-13(10)29-14/h2-9H,1H3,(H,19,21,23). The van der Waals surface area contributed by atoms with Gasteiger partial charge in [-0.1, -0.05) is 17.2 Å². The molecule has 10 nitrogen and oxygen atoms in total. The van der Waals surface area contributed by atoms with Crippen LogP contribution < -0.4 is 5.32 Å². The summed E-state index contributed by atoms with van der Waals surface area (Å²) >= 11 is 1.15.